The van der Waals surface area contributed by atoms with Crippen LogP contribution in [-0.2, 0) is 6.61 Å². The molecule has 4 heteroatoms. The highest BCUT2D eigenvalue weighted by Crippen LogP contribution is 2.29. The molecule has 0 atom stereocenters. The fraction of sp³-hybridized carbons (Fsp3) is 0.0625. The maximum absolute atomic E-state index is 9.29. The summed E-state index contributed by atoms with van der Waals surface area (Å²) < 4.78 is 5.81. The minimum absolute atomic E-state index is 0.128. The largest absolute Gasteiger partial charge is 0.438 e. The second kappa shape index (κ2) is 5.49. The number of aliphatic hydroxyl groups excluding tert-OH is 1. The number of aromatic nitrogens is 1. The Labute approximate surface area is 121 Å². The van der Waals surface area contributed by atoms with Crippen molar-refractivity contribution in [3.8, 4) is 11.6 Å². The van der Waals surface area contributed by atoms with E-state index in [4.69, 9.17) is 16.3 Å². The Kier molecular flexibility index (Phi) is 3.54. The predicted molar refractivity (Wildman–Crippen MR) is 79.2 cm³/mol. The molecule has 1 aromatic heterocycles. The molecule has 0 spiro atoms. The van der Waals surface area contributed by atoms with E-state index in [2.05, 4.69) is 4.98 Å². The van der Waals surface area contributed by atoms with Gasteiger partial charge in [-0.25, -0.2) is 4.98 Å². The molecule has 0 radical (unpaired) electrons. The van der Waals surface area contributed by atoms with E-state index < -0.39 is 0 Å². The molecule has 0 saturated carbocycles. The number of nitrogens with zero attached hydrogens (tertiary/aromatic N) is 1. The number of hydrogen-bond donors (Lipinski definition) is 1. The van der Waals surface area contributed by atoms with Crippen LogP contribution in [0, 0.1) is 0 Å². The minimum atomic E-state index is -0.128. The minimum Gasteiger partial charge on any atom is -0.438 e. The van der Waals surface area contributed by atoms with Crippen LogP contribution in [0.4, 0.5) is 0 Å². The molecule has 0 fully saturated rings. The van der Waals surface area contributed by atoms with E-state index in [-0.39, 0.29) is 6.61 Å². The Morgan fingerprint density at radius 2 is 1.90 bits per heavy atom. The molecule has 3 nitrogen and oxygen atoms in total. The van der Waals surface area contributed by atoms with Gasteiger partial charge >= 0.3 is 0 Å². The van der Waals surface area contributed by atoms with Crippen molar-refractivity contribution in [1.82, 2.24) is 4.98 Å². The van der Waals surface area contributed by atoms with Crippen LogP contribution < -0.4 is 4.74 Å². The standard InChI is InChI=1S/C16H12ClNO2/c17-12-5-3-6-14(9-12)20-16-15-7-2-1-4-11(15)8-13(10-19)18-16/h1-9,19H,10H2. The molecular formula is C16H12ClNO2. The lowest BCUT2D eigenvalue weighted by Gasteiger charge is -2.10. The van der Waals surface area contributed by atoms with Gasteiger partial charge in [0, 0.05) is 10.4 Å². The van der Waals surface area contributed by atoms with Gasteiger partial charge in [0.1, 0.15) is 5.75 Å². The predicted octanol–water partition coefficient (Wildman–Crippen LogP) is 4.17. The zero-order valence-corrected chi connectivity index (χ0v) is 11.3. The van der Waals surface area contributed by atoms with Gasteiger partial charge in [-0.15, -0.1) is 0 Å². The van der Waals surface area contributed by atoms with Crippen molar-refractivity contribution in [3.05, 3.63) is 65.3 Å². The molecular weight excluding hydrogens is 274 g/mol. The first kappa shape index (κ1) is 12.9. The number of rotatable bonds is 3. The van der Waals surface area contributed by atoms with Crippen LogP contribution >= 0.6 is 11.6 Å². The van der Waals surface area contributed by atoms with Crippen LogP contribution in [0.1, 0.15) is 5.69 Å². The monoisotopic (exact) mass is 285 g/mol. The third kappa shape index (κ3) is 2.59. The van der Waals surface area contributed by atoms with E-state index in [0.29, 0.717) is 22.3 Å². The average molecular weight is 286 g/mol. The Hall–Kier alpha value is -2.10. The molecule has 2 aromatic carbocycles. The van der Waals surface area contributed by atoms with Gasteiger partial charge in [0.15, 0.2) is 0 Å². The van der Waals surface area contributed by atoms with E-state index in [9.17, 15) is 5.11 Å². The zero-order valence-electron chi connectivity index (χ0n) is 10.6. The second-order valence-corrected chi connectivity index (χ2v) is 4.79. The molecule has 3 aromatic rings. The first-order valence-electron chi connectivity index (χ1n) is 6.19. The SMILES string of the molecule is OCc1cc2ccccc2c(Oc2cccc(Cl)c2)n1. The summed E-state index contributed by atoms with van der Waals surface area (Å²) in [6, 6.07) is 16.7. The molecule has 1 N–H and O–H groups in total. The highest BCUT2D eigenvalue weighted by atomic mass is 35.5. The summed E-state index contributed by atoms with van der Waals surface area (Å²) in [5, 5.41) is 11.8. The highest BCUT2D eigenvalue weighted by Gasteiger charge is 2.08. The number of pyridine rings is 1. The Bertz CT molecular complexity index is 758. The van der Waals surface area contributed by atoms with Gasteiger partial charge in [0.2, 0.25) is 5.88 Å². The van der Waals surface area contributed by atoms with Crippen molar-refractivity contribution >= 4 is 22.4 Å². The van der Waals surface area contributed by atoms with Gasteiger partial charge in [-0.1, -0.05) is 35.9 Å². The third-order valence-electron chi connectivity index (χ3n) is 2.93. The lowest BCUT2D eigenvalue weighted by molar-refractivity contribution is 0.275. The number of halogens is 1. The molecule has 0 aliphatic rings. The van der Waals surface area contributed by atoms with Gasteiger partial charge in [-0.3, -0.25) is 0 Å². The quantitative estimate of drug-likeness (QED) is 0.785. The first-order valence-corrected chi connectivity index (χ1v) is 6.57. The maximum Gasteiger partial charge on any atom is 0.227 e. The van der Waals surface area contributed by atoms with Gasteiger partial charge in [-0.2, -0.15) is 0 Å². The Balaban J connectivity index is 2.10. The van der Waals surface area contributed by atoms with Crippen LogP contribution in [0.3, 0.4) is 0 Å². The van der Waals surface area contributed by atoms with Crippen molar-refractivity contribution in [2.45, 2.75) is 6.61 Å². The van der Waals surface area contributed by atoms with Crippen molar-refractivity contribution in [2.75, 3.05) is 0 Å². The van der Waals surface area contributed by atoms with Crippen LogP contribution in [0.25, 0.3) is 10.8 Å². The van der Waals surface area contributed by atoms with E-state index in [1.165, 1.54) is 0 Å². The van der Waals surface area contributed by atoms with Gasteiger partial charge in [-0.05, 0) is 35.7 Å². The van der Waals surface area contributed by atoms with Crippen molar-refractivity contribution < 1.29 is 9.84 Å². The third-order valence-corrected chi connectivity index (χ3v) is 3.17. The molecule has 0 aliphatic heterocycles. The van der Waals surface area contributed by atoms with Gasteiger partial charge < -0.3 is 9.84 Å². The maximum atomic E-state index is 9.29. The summed E-state index contributed by atoms with van der Waals surface area (Å²) >= 11 is 5.95. The second-order valence-electron chi connectivity index (χ2n) is 4.36. The molecule has 100 valence electrons. The lowest BCUT2D eigenvalue weighted by Crippen LogP contribution is -1.95. The topological polar surface area (TPSA) is 42.4 Å². The smallest absolute Gasteiger partial charge is 0.227 e. The van der Waals surface area contributed by atoms with E-state index >= 15 is 0 Å². The molecule has 0 saturated heterocycles. The molecule has 3 rings (SSSR count). The molecule has 0 bridgehead atoms. The summed E-state index contributed by atoms with van der Waals surface area (Å²) in [4.78, 5) is 4.33. The Morgan fingerprint density at radius 3 is 2.70 bits per heavy atom. The molecule has 0 aliphatic carbocycles. The average Bonchev–Trinajstić information content (AvgIpc) is 2.47. The van der Waals surface area contributed by atoms with Crippen LogP contribution in [0.2, 0.25) is 5.02 Å². The molecule has 20 heavy (non-hydrogen) atoms. The van der Waals surface area contributed by atoms with Gasteiger partial charge in [0.25, 0.3) is 0 Å². The number of aliphatic hydroxyl groups is 1. The van der Waals surface area contributed by atoms with E-state index in [1.807, 2.05) is 42.5 Å². The normalized spacial score (nSPS) is 10.7. The zero-order chi connectivity index (χ0) is 13.9. The first-order chi connectivity index (χ1) is 9.76. The van der Waals surface area contributed by atoms with Crippen molar-refractivity contribution in [3.63, 3.8) is 0 Å². The van der Waals surface area contributed by atoms with Crippen LogP contribution in [0.15, 0.2) is 54.6 Å². The summed E-state index contributed by atoms with van der Waals surface area (Å²) in [6.45, 7) is -0.128. The molecule has 0 unspecified atom stereocenters. The van der Waals surface area contributed by atoms with Gasteiger partial charge in [0.05, 0.1) is 12.3 Å². The van der Waals surface area contributed by atoms with Crippen LogP contribution in [0.5, 0.6) is 11.6 Å². The number of ether oxygens (including phenoxy) is 1. The summed E-state index contributed by atoms with van der Waals surface area (Å²) in [5.41, 5.74) is 0.570. The fourth-order valence-corrected chi connectivity index (χ4v) is 2.20. The number of fused-ring (bicyclic) bond motifs is 1. The summed E-state index contributed by atoms with van der Waals surface area (Å²) in [5.74, 6) is 1.08. The lowest BCUT2D eigenvalue weighted by atomic mass is 10.1. The van der Waals surface area contributed by atoms with Crippen LogP contribution in [-0.4, -0.2) is 10.1 Å². The highest BCUT2D eigenvalue weighted by molar-refractivity contribution is 6.30. The van der Waals surface area contributed by atoms with E-state index in [0.717, 1.165) is 10.8 Å². The number of hydrogen-bond acceptors (Lipinski definition) is 3. The Morgan fingerprint density at radius 1 is 1.05 bits per heavy atom. The molecule has 1 heterocycles. The van der Waals surface area contributed by atoms with Crippen molar-refractivity contribution in [2.24, 2.45) is 0 Å². The van der Waals surface area contributed by atoms with Crippen molar-refractivity contribution in [1.29, 1.82) is 0 Å². The van der Waals surface area contributed by atoms with E-state index in [1.54, 1.807) is 12.1 Å². The number of benzene rings is 2. The summed E-state index contributed by atoms with van der Waals surface area (Å²) in [7, 11) is 0. The summed E-state index contributed by atoms with van der Waals surface area (Å²) in [6.07, 6.45) is 0. The molecule has 0 amide bonds. The fourth-order valence-electron chi connectivity index (χ4n) is 2.02.